The van der Waals surface area contributed by atoms with Crippen molar-refractivity contribution < 1.29 is 5.11 Å². The highest BCUT2D eigenvalue weighted by molar-refractivity contribution is 7.95. The Morgan fingerprint density at radius 3 is 1.06 bits per heavy atom. The molecule has 32 heavy (non-hydrogen) atoms. The second kappa shape index (κ2) is 14.2. The molecule has 1 nitrogen and oxygen atoms in total. The summed E-state index contributed by atoms with van der Waals surface area (Å²) in [7, 11) is -1.65. The lowest BCUT2D eigenvalue weighted by molar-refractivity contribution is 0.282. The molecule has 1 N–H and O–H groups in total. The molecule has 0 saturated heterocycles. The van der Waals surface area contributed by atoms with Crippen LogP contribution >= 0.6 is 7.26 Å². The van der Waals surface area contributed by atoms with E-state index in [1.54, 1.807) is 0 Å². The molecule has 3 rings (SSSR count). The highest BCUT2D eigenvalue weighted by Gasteiger charge is 2.44. The van der Waals surface area contributed by atoms with Crippen molar-refractivity contribution in [1.82, 2.24) is 0 Å². The van der Waals surface area contributed by atoms with E-state index < -0.39 is 7.26 Å². The fourth-order valence-electron chi connectivity index (χ4n) is 4.76. The maximum atomic E-state index is 8.87. The molecule has 0 heterocycles. The molecule has 0 fully saturated rings. The zero-order chi connectivity index (χ0) is 22.3. The van der Waals surface area contributed by atoms with Crippen LogP contribution in [0.1, 0.15) is 64.2 Å². The Labute approximate surface area is 196 Å². The van der Waals surface area contributed by atoms with Crippen LogP contribution in [-0.2, 0) is 0 Å². The van der Waals surface area contributed by atoms with Gasteiger partial charge >= 0.3 is 0 Å². The minimum absolute atomic E-state index is 0.346. The van der Waals surface area contributed by atoms with Gasteiger partial charge in [0.25, 0.3) is 0 Å². The van der Waals surface area contributed by atoms with Crippen LogP contribution < -0.4 is 15.9 Å². The number of hydrogen-bond donors (Lipinski definition) is 1. The van der Waals surface area contributed by atoms with Gasteiger partial charge in [0.1, 0.15) is 23.2 Å². The van der Waals surface area contributed by atoms with E-state index >= 15 is 0 Å². The van der Waals surface area contributed by atoms with E-state index in [9.17, 15) is 0 Å². The molecule has 0 spiro atoms. The zero-order valence-electron chi connectivity index (χ0n) is 19.5. The van der Waals surface area contributed by atoms with Gasteiger partial charge in [0.05, 0.1) is 6.16 Å². The molecule has 3 aromatic rings. The summed E-state index contributed by atoms with van der Waals surface area (Å²) in [6, 6.07) is 33.8. The first kappa shape index (κ1) is 24.7. The van der Waals surface area contributed by atoms with Crippen LogP contribution in [0, 0.1) is 0 Å². The third-order valence-electron chi connectivity index (χ3n) is 6.49. The molecule has 0 saturated carbocycles. The molecule has 170 valence electrons. The Hall–Kier alpha value is -1.95. The monoisotopic (exact) mass is 447 g/mol. The summed E-state index contributed by atoms with van der Waals surface area (Å²) in [5.74, 6) is 0. The van der Waals surface area contributed by atoms with E-state index in [2.05, 4.69) is 91.0 Å². The topological polar surface area (TPSA) is 20.2 Å². The maximum absolute atomic E-state index is 8.87. The van der Waals surface area contributed by atoms with Gasteiger partial charge in [-0.3, -0.25) is 0 Å². The SMILES string of the molecule is OCCCCCCCCCCCC[P+](c1ccccc1)(c1ccccc1)c1ccccc1. The minimum atomic E-state index is -1.65. The predicted molar refractivity (Wildman–Crippen MR) is 143 cm³/mol. The van der Waals surface area contributed by atoms with Crippen LogP contribution in [0.5, 0.6) is 0 Å². The van der Waals surface area contributed by atoms with E-state index in [0.29, 0.717) is 6.61 Å². The standard InChI is InChI=1S/C30H40OP/c31-26-18-7-5-3-1-2-4-6-8-19-27-32(28-20-12-9-13-21-28,29-22-14-10-15-23-29)30-24-16-11-17-25-30/h9-17,20-25,31H,1-8,18-19,26-27H2/q+1. The lowest BCUT2D eigenvalue weighted by Gasteiger charge is -2.27. The summed E-state index contributed by atoms with van der Waals surface area (Å²) in [4.78, 5) is 0. The quantitative estimate of drug-likeness (QED) is 0.199. The molecule has 0 radical (unpaired) electrons. The highest BCUT2D eigenvalue weighted by atomic mass is 31.2. The van der Waals surface area contributed by atoms with Crippen LogP contribution in [0.15, 0.2) is 91.0 Å². The number of aliphatic hydroxyl groups is 1. The second-order valence-corrected chi connectivity index (χ2v) is 12.4. The summed E-state index contributed by atoms with van der Waals surface area (Å²) in [6.45, 7) is 0.346. The van der Waals surface area contributed by atoms with Gasteiger partial charge in [0.2, 0.25) is 0 Å². The number of rotatable bonds is 15. The van der Waals surface area contributed by atoms with Crippen LogP contribution in [0.4, 0.5) is 0 Å². The van der Waals surface area contributed by atoms with Crippen LogP contribution in [0.3, 0.4) is 0 Å². The number of unbranched alkanes of at least 4 members (excludes halogenated alkanes) is 9. The van der Waals surface area contributed by atoms with Crippen LogP contribution in [-0.4, -0.2) is 17.9 Å². The summed E-state index contributed by atoms with van der Waals surface area (Å²) >= 11 is 0. The van der Waals surface area contributed by atoms with E-state index in [1.807, 2.05) is 0 Å². The molecular formula is C30H40OP+. The van der Waals surface area contributed by atoms with Gasteiger partial charge in [0.15, 0.2) is 0 Å². The van der Waals surface area contributed by atoms with Crippen LogP contribution in [0.2, 0.25) is 0 Å². The Balaban J connectivity index is 1.64. The molecule has 0 amide bonds. The van der Waals surface area contributed by atoms with Gasteiger partial charge in [-0.25, -0.2) is 0 Å². The summed E-state index contributed by atoms with van der Waals surface area (Å²) in [5, 5.41) is 13.4. The molecule has 2 heteroatoms. The Morgan fingerprint density at radius 1 is 0.406 bits per heavy atom. The van der Waals surface area contributed by atoms with E-state index in [-0.39, 0.29) is 0 Å². The van der Waals surface area contributed by atoms with Crippen molar-refractivity contribution in [2.45, 2.75) is 64.2 Å². The van der Waals surface area contributed by atoms with Crippen molar-refractivity contribution in [3.8, 4) is 0 Å². The fourth-order valence-corrected chi connectivity index (χ4v) is 9.17. The Bertz CT molecular complexity index is 751. The van der Waals surface area contributed by atoms with Crippen molar-refractivity contribution >= 4 is 23.2 Å². The lowest BCUT2D eigenvalue weighted by atomic mass is 10.1. The smallest absolute Gasteiger partial charge is 0.112 e. The fraction of sp³-hybridized carbons (Fsp3) is 0.400. The summed E-state index contributed by atoms with van der Waals surface area (Å²) in [5.41, 5.74) is 0. The first-order valence-corrected chi connectivity index (χ1v) is 14.5. The Kier molecular flexibility index (Phi) is 11.0. The van der Waals surface area contributed by atoms with Gasteiger partial charge in [-0.15, -0.1) is 0 Å². The average molecular weight is 448 g/mol. The maximum Gasteiger partial charge on any atom is 0.112 e. The third-order valence-corrected chi connectivity index (χ3v) is 11.0. The van der Waals surface area contributed by atoms with E-state index in [0.717, 1.165) is 6.42 Å². The van der Waals surface area contributed by atoms with Crippen molar-refractivity contribution in [2.75, 3.05) is 12.8 Å². The van der Waals surface area contributed by atoms with Crippen molar-refractivity contribution in [3.63, 3.8) is 0 Å². The molecule has 0 aliphatic heterocycles. The predicted octanol–water partition coefficient (Wildman–Crippen LogP) is 6.87. The third kappa shape index (κ3) is 7.03. The largest absolute Gasteiger partial charge is 0.396 e. The molecule has 0 aliphatic rings. The summed E-state index contributed by atoms with van der Waals surface area (Å²) < 4.78 is 0. The first-order chi connectivity index (χ1) is 15.9. The highest BCUT2D eigenvalue weighted by Crippen LogP contribution is 2.55. The number of aliphatic hydroxyl groups excluding tert-OH is 1. The molecule has 0 aliphatic carbocycles. The minimum Gasteiger partial charge on any atom is -0.396 e. The molecule has 0 atom stereocenters. The molecule has 3 aromatic carbocycles. The van der Waals surface area contributed by atoms with Gasteiger partial charge in [0, 0.05) is 6.61 Å². The zero-order valence-corrected chi connectivity index (χ0v) is 20.4. The van der Waals surface area contributed by atoms with Gasteiger partial charge < -0.3 is 5.11 Å². The van der Waals surface area contributed by atoms with E-state index in [1.165, 1.54) is 79.9 Å². The lowest BCUT2D eigenvalue weighted by Crippen LogP contribution is -2.33. The van der Waals surface area contributed by atoms with Gasteiger partial charge in [-0.1, -0.05) is 99.5 Å². The molecule has 0 bridgehead atoms. The van der Waals surface area contributed by atoms with Gasteiger partial charge in [-0.2, -0.15) is 0 Å². The van der Waals surface area contributed by atoms with Crippen molar-refractivity contribution in [1.29, 1.82) is 0 Å². The Morgan fingerprint density at radius 2 is 0.719 bits per heavy atom. The normalized spacial score (nSPS) is 11.5. The number of benzene rings is 3. The molecule has 0 aromatic heterocycles. The second-order valence-electron chi connectivity index (χ2n) is 8.80. The van der Waals surface area contributed by atoms with Gasteiger partial charge in [-0.05, 0) is 55.7 Å². The van der Waals surface area contributed by atoms with Crippen molar-refractivity contribution in [3.05, 3.63) is 91.0 Å². The molecular weight excluding hydrogens is 407 g/mol. The van der Waals surface area contributed by atoms with Crippen molar-refractivity contribution in [2.24, 2.45) is 0 Å². The molecule has 0 unspecified atom stereocenters. The number of hydrogen-bond acceptors (Lipinski definition) is 1. The average Bonchev–Trinajstić information content (AvgIpc) is 2.87. The first-order valence-electron chi connectivity index (χ1n) is 12.5. The summed E-state index contributed by atoms with van der Waals surface area (Å²) in [6.07, 6.45) is 14.0. The van der Waals surface area contributed by atoms with E-state index in [4.69, 9.17) is 5.11 Å². The van der Waals surface area contributed by atoms with Crippen LogP contribution in [0.25, 0.3) is 0 Å².